The number of amides is 3. The molecule has 1 saturated carbocycles. The van der Waals surface area contributed by atoms with Gasteiger partial charge in [0.1, 0.15) is 0 Å². The number of hydroxylamine groups is 1. The molecule has 37 heavy (non-hydrogen) atoms. The van der Waals surface area contributed by atoms with E-state index in [-0.39, 0.29) is 18.4 Å². The standard InChI is InChI=1S/C29H30N4O4/c34-25-17-32(13-12-30-25)29(36)21-14-19-8-4-5-9-22(19)27-26(18-6-2-1-3-7-18)23-11-10-20(28(35)31-37)15-24(23)33(27)16-21/h4-5,8-11,14-15,18,37H,1-3,6-7,12-13,16-17H2,(H,30,34)(H,31,35). The minimum atomic E-state index is -0.572. The van der Waals surface area contributed by atoms with Gasteiger partial charge in [-0.2, -0.15) is 0 Å². The zero-order valence-electron chi connectivity index (χ0n) is 20.6. The van der Waals surface area contributed by atoms with Gasteiger partial charge in [-0.25, -0.2) is 5.48 Å². The van der Waals surface area contributed by atoms with E-state index in [1.54, 1.807) is 22.5 Å². The van der Waals surface area contributed by atoms with Crippen LogP contribution in [0, 0.1) is 0 Å². The van der Waals surface area contributed by atoms with Gasteiger partial charge >= 0.3 is 0 Å². The van der Waals surface area contributed by atoms with E-state index in [2.05, 4.69) is 16.0 Å². The van der Waals surface area contributed by atoms with Gasteiger partial charge in [0.05, 0.1) is 18.8 Å². The summed E-state index contributed by atoms with van der Waals surface area (Å²) in [6.45, 7) is 1.29. The van der Waals surface area contributed by atoms with Crippen LogP contribution >= 0.6 is 0 Å². The van der Waals surface area contributed by atoms with Crippen LogP contribution in [0.25, 0.3) is 28.2 Å². The third-order valence-corrected chi connectivity index (χ3v) is 7.96. The molecule has 0 spiro atoms. The summed E-state index contributed by atoms with van der Waals surface area (Å²) >= 11 is 0. The van der Waals surface area contributed by atoms with Crippen LogP contribution in [-0.4, -0.2) is 52.0 Å². The quantitative estimate of drug-likeness (QED) is 0.377. The fourth-order valence-corrected chi connectivity index (χ4v) is 6.23. The van der Waals surface area contributed by atoms with Gasteiger partial charge in [-0.15, -0.1) is 0 Å². The summed E-state index contributed by atoms with van der Waals surface area (Å²) in [5, 5.41) is 13.1. The highest BCUT2D eigenvalue weighted by Gasteiger charge is 2.32. The highest BCUT2D eigenvalue weighted by Crippen LogP contribution is 2.46. The molecule has 2 fully saturated rings. The lowest BCUT2D eigenvalue weighted by atomic mass is 9.81. The summed E-state index contributed by atoms with van der Waals surface area (Å²) in [5.74, 6) is -0.485. The normalized spacial score (nSPS) is 17.9. The van der Waals surface area contributed by atoms with Crippen molar-refractivity contribution in [3.63, 3.8) is 0 Å². The topological polar surface area (TPSA) is 104 Å². The molecule has 3 amide bonds. The van der Waals surface area contributed by atoms with E-state index in [1.807, 2.05) is 30.3 Å². The molecule has 190 valence electrons. The third kappa shape index (κ3) is 4.11. The minimum Gasteiger partial charge on any atom is -0.353 e. The van der Waals surface area contributed by atoms with E-state index in [9.17, 15) is 19.6 Å². The maximum Gasteiger partial charge on any atom is 0.274 e. The molecule has 0 radical (unpaired) electrons. The molecular formula is C29H30N4O4. The Labute approximate surface area is 214 Å². The number of carbonyl (C=O) groups excluding carboxylic acids is 3. The molecule has 2 aromatic carbocycles. The number of aromatic nitrogens is 1. The van der Waals surface area contributed by atoms with Crippen LogP contribution in [0.15, 0.2) is 48.0 Å². The number of fused-ring (bicyclic) bond motifs is 5. The Bertz CT molecular complexity index is 1450. The van der Waals surface area contributed by atoms with E-state index < -0.39 is 5.91 Å². The average Bonchev–Trinajstić information content (AvgIpc) is 3.15. The number of nitrogens with one attached hydrogen (secondary N) is 2. The first kappa shape index (κ1) is 23.5. The number of carbonyl (C=O) groups is 3. The van der Waals surface area contributed by atoms with Crippen molar-refractivity contribution >= 4 is 34.7 Å². The van der Waals surface area contributed by atoms with Crippen LogP contribution in [-0.2, 0) is 16.1 Å². The number of piperazine rings is 1. The number of hydrogen-bond donors (Lipinski definition) is 3. The molecule has 8 heteroatoms. The number of hydrogen-bond acceptors (Lipinski definition) is 4. The van der Waals surface area contributed by atoms with Crippen LogP contribution in [0.4, 0.5) is 0 Å². The van der Waals surface area contributed by atoms with Gasteiger partial charge in [-0.05, 0) is 48.1 Å². The van der Waals surface area contributed by atoms with Gasteiger partial charge in [-0.3, -0.25) is 19.6 Å². The highest BCUT2D eigenvalue weighted by molar-refractivity contribution is 6.04. The molecule has 1 aliphatic carbocycles. The molecule has 1 saturated heterocycles. The van der Waals surface area contributed by atoms with Crippen molar-refractivity contribution in [3.05, 3.63) is 64.7 Å². The Morgan fingerprint density at radius 3 is 2.62 bits per heavy atom. The highest BCUT2D eigenvalue weighted by atomic mass is 16.5. The van der Waals surface area contributed by atoms with E-state index >= 15 is 0 Å². The second-order valence-corrected chi connectivity index (χ2v) is 10.2. The van der Waals surface area contributed by atoms with Crippen molar-refractivity contribution < 1.29 is 19.6 Å². The number of nitrogens with zero attached hydrogens (tertiary/aromatic N) is 2. The smallest absolute Gasteiger partial charge is 0.274 e. The summed E-state index contributed by atoms with van der Waals surface area (Å²) in [7, 11) is 0. The molecule has 2 aliphatic heterocycles. The lowest BCUT2D eigenvalue weighted by Crippen LogP contribution is -2.50. The molecule has 0 unspecified atom stereocenters. The zero-order chi connectivity index (χ0) is 25.5. The van der Waals surface area contributed by atoms with Gasteiger partial charge in [0, 0.05) is 40.7 Å². The van der Waals surface area contributed by atoms with Gasteiger partial charge in [0.25, 0.3) is 11.8 Å². The number of rotatable bonds is 3. The molecule has 3 heterocycles. The fraction of sp³-hybridized carbons (Fsp3) is 0.345. The molecule has 0 atom stereocenters. The van der Waals surface area contributed by atoms with E-state index in [0.29, 0.717) is 36.7 Å². The first-order valence-corrected chi connectivity index (χ1v) is 13.0. The van der Waals surface area contributed by atoms with Crippen molar-refractivity contribution in [2.45, 2.75) is 44.6 Å². The van der Waals surface area contributed by atoms with Crippen molar-refractivity contribution in [2.75, 3.05) is 19.6 Å². The molecule has 6 rings (SSSR count). The van der Waals surface area contributed by atoms with Gasteiger partial charge in [0.2, 0.25) is 5.91 Å². The van der Waals surface area contributed by atoms with Crippen LogP contribution < -0.4 is 10.8 Å². The molecule has 3 aromatic rings. The van der Waals surface area contributed by atoms with E-state index in [4.69, 9.17) is 0 Å². The number of benzene rings is 2. The van der Waals surface area contributed by atoms with E-state index in [0.717, 1.165) is 40.6 Å². The summed E-state index contributed by atoms with van der Waals surface area (Å²) < 4.78 is 2.16. The summed E-state index contributed by atoms with van der Waals surface area (Å²) in [4.78, 5) is 39.7. The van der Waals surface area contributed by atoms with Crippen LogP contribution in [0.5, 0.6) is 0 Å². The van der Waals surface area contributed by atoms with Crippen molar-refractivity contribution in [2.24, 2.45) is 0 Å². The fourth-order valence-electron chi connectivity index (χ4n) is 6.23. The molecular weight excluding hydrogens is 468 g/mol. The Morgan fingerprint density at radius 1 is 1.03 bits per heavy atom. The molecule has 3 N–H and O–H groups in total. The van der Waals surface area contributed by atoms with Crippen LogP contribution in [0.3, 0.4) is 0 Å². The Morgan fingerprint density at radius 2 is 1.84 bits per heavy atom. The van der Waals surface area contributed by atoms with E-state index in [1.165, 1.54) is 24.8 Å². The Balaban J connectivity index is 1.57. The maximum atomic E-state index is 13.7. The zero-order valence-corrected chi connectivity index (χ0v) is 20.6. The predicted octanol–water partition coefficient (Wildman–Crippen LogP) is 3.83. The molecule has 3 aliphatic rings. The lowest BCUT2D eigenvalue weighted by molar-refractivity contribution is -0.135. The van der Waals surface area contributed by atoms with Crippen molar-refractivity contribution in [1.82, 2.24) is 20.3 Å². The maximum absolute atomic E-state index is 13.7. The minimum absolute atomic E-state index is 0.0469. The lowest BCUT2D eigenvalue weighted by Gasteiger charge is -2.27. The van der Waals surface area contributed by atoms with Crippen LogP contribution in [0.2, 0.25) is 0 Å². The first-order chi connectivity index (χ1) is 18.0. The monoisotopic (exact) mass is 498 g/mol. The van der Waals surface area contributed by atoms with Crippen molar-refractivity contribution in [1.29, 1.82) is 0 Å². The first-order valence-electron chi connectivity index (χ1n) is 13.0. The molecule has 0 bridgehead atoms. The molecule has 8 nitrogen and oxygen atoms in total. The van der Waals surface area contributed by atoms with Gasteiger partial charge in [-0.1, -0.05) is 49.6 Å². The second-order valence-electron chi connectivity index (χ2n) is 10.2. The van der Waals surface area contributed by atoms with Crippen molar-refractivity contribution in [3.8, 4) is 11.3 Å². The molecule has 1 aromatic heterocycles. The summed E-state index contributed by atoms with van der Waals surface area (Å²) in [6, 6.07) is 13.7. The van der Waals surface area contributed by atoms with Gasteiger partial charge < -0.3 is 14.8 Å². The second kappa shape index (κ2) is 9.52. The van der Waals surface area contributed by atoms with Crippen LogP contribution in [0.1, 0.15) is 59.5 Å². The average molecular weight is 499 g/mol. The predicted molar refractivity (Wildman–Crippen MR) is 140 cm³/mol. The Kier molecular flexibility index (Phi) is 6.04. The summed E-state index contributed by atoms with van der Waals surface area (Å²) in [6.07, 6.45) is 7.78. The third-order valence-electron chi connectivity index (χ3n) is 7.96. The summed E-state index contributed by atoms with van der Waals surface area (Å²) in [5.41, 5.74) is 7.96. The largest absolute Gasteiger partial charge is 0.353 e. The SMILES string of the molecule is O=C1CN(C(=O)C2=Cc3ccccc3-c3c(C4CCCCC4)c4ccc(C(=O)NO)cc4n3C2)CCN1. The Hall–Kier alpha value is -3.91. The van der Waals surface area contributed by atoms with Gasteiger partial charge in [0.15, 0.2) is 0 Å².